The SMILES string of the molecule is COc1ccc(NC(=O)N2CCC(O)C2(C)C)cc1OC. The molecule has 0 saturated carbocycles. The molecule has 0 aromatic heterocycles. The number of nitrogens with one attached hydrogen (secondary N) is 1. The van der Waals surface area contributed by atoms with Crippen LogP contribution in [0.3, 0.4) is 0 Å². The predicted molar refractivity (Wildman–Crippen MR) is 80.0 cm³/mol. The highest BCUT2D eigenvalue weighted by Gasteiger charge is 2.42. The molecular weight excluding hydrogens is 272 g/mol. The third-order valence-corrected chi connectivity index (χ3v) is 4.02. The summed E-state index contributed by atoms with van der Waals surface area (Å²) in [6.07, 6.45) is 0.0838. The fourth-order valence-corrected chi connectivity index (χ4v) is 2.54. The number of aliphatic hydroxyl groups excluding tert-OH is 1. The van der Waals surface area contributed by atoms with Crippen molar-refractivity contribution in [3.05, 3.63) is 18.2 Å². The number of aliphatic hydroxyl groups is 1. The maximum atomic E-state index is 12.4. The zero-order valence-corrected chi connectivity index (χ0v) is 12.8. The van der Waals surface area contributed by atoms with Crippen molar-refractivity contribution in [3.8, 4) is 11.5 Å². The van der Waals surface area contributed by atoms with Crippen LogP contribution in [-0.2, 0) is 0 Å². The summed E-state index contributed by atoms with van der Waals surface area (Å²) < 4.78 is 10.4. The minimum absolute atomic E-state index is 0.233. The quantitative estimate of drug-likeness (QED) is 0.895. The van der Waals surface area contributed by atoms with Crippen LogP contribution in [0, 0.1) is 0 Å². The fourth-order valence-electron chi connectivity index (χ4n) is 2.54. The van der Waals surface area contributed by atoms with E-state index in [1.54, 1.807) is 37.3 Å². The first kappa shape index (κ1) is 15.4. The Kier molecular flexibility index (Phi) is 4.27. The lowest BCUT2D eigenvalue weighted by Crippen LogP contribution is -2.49. The number of rotatable bonds is 3. The molecule has 1 unspecified atom stereocenters. The number of amides is 2. The number of benzene rings is 1. The monoisotopic (exact) mass is 294 g/mol. The van der Waals surface area contributed by atoms with E-state index in [0.29, 0.717) is 30.2 Å². The average molecular weight is 294 g/mol. The number of carbonyl (C=O) groups is 1. The summed E-state index contributed by atoms with van der Waals surface area (Å²) in [7, 11) is 3.10. The van der Waals surface area contributed by atoms with Gasteiger partial charge in [-0.25, -0.2) is 4.79 Å². The third kappa shape index (κ3) is 2.90. The second-order valence-corrected chi connectivity index (χ2v) is 5.61. The first-order chi connectivity index (χ1) is 9.90. The molecule has 0 radical (unpaired) electrons. The van der Waals surface area contributed by atoms with Crippen molar-refractivity contribution >= 4 is 11.7 Å². The van der Waals surface area contributed by atoms with Crippen molar-refractivity contribution in [1.82, 2.24) is 4.90 Å². The van der Waals surface area contributed by atoms with Gasteiger partial charge in [0, 0.05) is 18.3 Å². The van der Waals surface area contributed by atoms with E-state index in [9.17, 15) is 9.90 Å². The van der Waals surface area contributed by atoms with E-state index in [2.05, 4.69) is 5.32 Å². The van der Waals surface area contributed by atoms with Crippen molar-refractivity contribution in [2.75, 3.05) is 26.1 Å². The molecule has 1 fully saturated rings. The van der Waals surface area contributed by atoms with Crippen LogP contribution in [0.2, 0.25) is 0 Å². The molecule has 2 amide bonds. The van der Waals surface area contributed by atoms with E-state index in [1.165, 1.54) is 0 Å². The van der Waals surface area contributed by atoms with Gasteiger partial charge in [0.2, 0.25) is 0 Å². The molecule has 116 valence electrons. The molecule has 1 aliphatic rings. The molecule has 1 aromatic carbocycles. The molecule has 1 atom stereocenters. The maximum absolute atomic E-state index is 12.4. The number of nitrogens with zero attached hydrogens (tertiary/aromatic N) is 1. The van der Waals surface area contributed by atoms with Gasteiger partial charge in [0.25, 0.3) is 0 Å². The number of likely N-dealkylation sites (tertiary alicyclic amines) is 1. The van der Waals surface area contributed by atoms with Crippen molar-refractivity contribution in [3.63, 3.8) is 0 Å². The molecule has 1 heterocycles. The number of urea groups is 1. The molecule has 1 aliphatic heterocycles. The van der Waals surface area contributed by atoms with Crippen LogP contribution in [-0.4, -0.2) is 48.4 Å². The zero-order valence-electron chi connectivity index (χ0n) is 12.8. The molecular formula is C15H22N2O4. The lowest BCUT2D eigenvalue weighted by atomic mass is 9.99. The van der Waals surface area contributed by atoms with Gasteiger partial charge in [-0.3, -0.25) is 0 Å². The Bertz CT molecular complexity index is 530. The van der Waals surface area contributed by atoms with Gasteiger partial charge in [0.1, 0.15) is 0 Å². The van der Waals surface area contributed by atoms with E-state index in [-0.39, 0.29) is 6.03 Å². The molecule has 6 heteroatoms. The Morgan fingerprint density at radius 2 is 2.00 bits per heavy atom. The second kappa shape index (κ2) is 5.81. The number of methoxy groups -OCH3 is 2. The topological polar surface area (TPSA) is 71.0 Å². The Labute approximate surface area is 124 Å². The molecule has 1 saturated heterocycles. The number of hydrogen-bond acceptors (Lipinski definition) is 4. The molecule has 0 bridgehead atoms. The molecule has 0 aliphatic carbocycles. The van der Waals surface area contributed by atoms with Gasteiger partial charge < -0.3 is 24.8 Å². The highest BCUT2D eigenvalue weighted by atomic mass is 16.5. The molecule has 0 spiro atoms. The molecule has 2 N–H and O–H groups in total. The van der Waals surface area contributed by atoms with Gasteiger partial charge in [0.05, 0.1) is 25.9 Å². The Morgan fingerprint density at radius 1 is 1.33 bits per heavy atom. The summed E-state index contributed by atoms with van der Waals surface area (Å²) in [4.78, 5) is 14.0. The minimum atomic E-state index is -0.569. The normalized spacial score (nSPS) is 20.2. The van der Waals surface area contributed by atoms with Crippen molar-refractivity contribution in [2.24, 2.45) is 0 Å². The summed E-state index contributed by atoms with van der Waals surface area (Å²) in [6, 6.07) is 4.96. The van der Waals surface area contributed by atoms with Gasteiger partial charge in [-0.15, -0.1) is 0 Å². The predicted octanol–water partition coefficient (Wildman–Crippen LogP) is 2.08. The maximum Gasteiger partial charge on any atom is 0.322 e. The van der Waals surface area contributed by atoms with Crippen LogP contribution in [0.15, 0.2) is 18.2 Å². The van der Waals surface area contributed by atoms with Crippen LogP contribution in [0.25, 0.3) is 0 Å². The first-order valence-electron chi connectivity index (χ1n) is 6.89. The average Bonchev–Trinajstić information content (AvgIpc) is 2.72. The van der Waals surface area contributed by atoms with Crippen LogP contribution in [0.1, 0.15) is 20.3 Å². The molecule has 21 heavy (non-hydrogen) atoms. The zero-order chi connectivity index (χ0) is 15.6. The fraction of sp³-hybridized carbons (Fsp3) is 0.533. The van der Waals surface area contributed by atoms with E-state index >= 15 is 0 Å². The highest BCUT2D eigenvalue weighted by molar-refractivity contribution is 5.90. The lowest BCUT2D eigenvalue weighted by molar-refractivity contribution is 0.0733. The van der Waals surface area contributed by atoms with E-state index in [0.717, 1.165) is 0 Å². The van der Waals surface area contributed by atoms with Gasteiger partial charge in [0.15, 0.2) is 11.5 Å². The number of carbonyl (C=O) groups excluding carboxylic acids is 1. The number of ether oxygens (including phenoxy) is 2. The minimum Gasteiger partial charge on any atom is -0.493 e. The highest BCUT2D eigenvalue weighted by Crippen LogP contribution is 2.32. The van der Waals surface area contributed by atoms with Crippen molar-refractivity contribution < 1.29 is 19.4 Å². The standard InChI is InChI=1S/C15H22N2O4/c1-15(2)13(18)7-8-17(15)14(19)16-10-5-6-11(20-3)12(9-10)21-4/h5-6,9,13,18H,7-8H2,1-4H3,(H,16,19). The van der Waals surface area contributed by atoms with Crippen LogP contribution < -0.4 is 14.8 Å². The summed E-state index contributed by atoms with van der Waals surface area (Å²) in [5, 5.41) is 12.8. The van der Waals surface area contributed by atoms with E-state index < -0.39 is 11.6 Å². The molecule has 2 rings (SSSR count). The Morgan fingerprint density at radius 3 is 2.52 bits per heavy atom. The Hall–Kier alpha value is -1.95. The van der Waals surface area contributed by atoms with Crippen LogP contribution in [0.5, 0.6) is 11.5 Å². The lowest BCUT2D eigenvalue weighted by Gasteiger charge is -2.33. The summed E-state index contributed by atoms with van der Waals surface area (Å²) in [5.74, 6) is 1.16. The number of anilines is 1. The van der Waals surface area contributed by atoms with Crippen molar-refractivity contribution in [1.29, 1.82) is 0 Å². The van der Waals surface area contributed by atoms with Gasteiger partial charge in [-0.05, 0) is 32.4 Å². The largest absolute Gasteiger partial charge is 0.493 e. The smallest absolute Gasteiger partial charge is 0.322 e. The van der Waals surface area contributed by atoms with E-state index in [4.69, 9.17) is 9.47 Å². The summed E-state index contributed by atoms with van der Waals surface area (Å²) >= 11 is 0. The summed E-state index contributed by atoms with van der Waals surface area (Å²) in [6.45, 7) is 4.25. The van der Waals surface area contributed by atoms with E-state index in [1.807, 2.05) is 13.8 Å². The Balaban J connectivity index is 2.13. The van der Waals surface area contributed by atoms with Gasteiger partial charge >= 0.3 is 6.03 Å². The summed E-state index contributed by atoms with van der Waals surface area (Å²) in [5.41, 5.74) is 0.0514. The first-order valence-corrected chi connectivity index (χ1v) is 6.89. The number of hydrogen-bond donors (Lipinski definition) is 2. The van der Waals surface area contributed by atoms with Crippen LogP contribution >= 0.6 is 0 Å². The third-order valence-electron chi connectivity index (χ3n) is 4.02. The van der Waals surface area contributed by atoms with Gasteiger partial charge in [-0.1, -0.05) is 0 Å². The second-order valence-electron chi connectivity index (χ2n) is 5.61. The molecule has 1 aromatic rings. The molecule has 6 nitrogen and oxygen atoms in total. The van der Waals surface area contributed by atoms with Crippen molar-refractivity contribution in [2.45, 2.75) is 31.9 Å². The van der Waals surface area contributed by atoms with Gasteiger partial charge in [-0.2, -0.15) is 0 Å². The van der Waals surface area contributed by atoms with Crippen LogP contribution in [0.4, 0.5) is 10.5 Å².